The van der Waals surface area contributed by atoms with E-state index < -0.39 is 34.6 Å². The lowest BCUT2D eigenvalue weighted by molar-refractivity contribution is -0.130. The third-order valence-electron chi connectivity index (χ3n) is 6.25. The van der Waals surface area contributed by atoms with Gasteiger partial charge in [0.1, 0.15) is 5.82 Å². The van der Waals surface area contributed by atoms with E-state index in [-0.39, 0.29) is 10.3 Å². The van der Waals surface area contributed by atoms with Crippen molar-refractivity contribution >= 4 is 27.8 Å². The first-order valence-corrected chi connectivity index (χ1v) is 10.8. The average Bonchev–Trinajstić information content (AvgIpc) is 3.05. The largest absolute Gasteiger partial charge is 0.357 e. The molecular formula is C25H21BrFN3O. The number of halogens is 2. The molecule has 1 fully saturated rings. The van der Waals surface area contributed by atoms with Crippen LogP contribution in [0.3, 0.4) is 0 Å². The van der Waals surface area contributed by atoms with E-state index in [1.165, 1.54) is 6.07 Å². The highest BCUT2D eigenvalue weighted by molar-refractivity contribution is 9.10. The maximum atomic E-state index is 14.5. The molecule has 2 aromatic carbocycles. The van der Waals surface area contributed by atoms with Crippen molar-refractivity contribution in [3.8, 4) is 12.1 Å². The maximum absolute atomic E-state index is 14.5. The van der Waals surface area contributed by atoms with Crippen molar-refractivity contribution in [1.29, 1.82) is 10.5 Å². The summed E-state index contributed by atoms with van der Waals surface area (Å²) in [6.07, 6.45) is 3.71. The van der Waals surface area contributed by atoms with Gasteiger partial charge < -0.3 is 4.90 Å². The number of hydrogen-bond acceptors (Lipinski definition) is 4. The average molecular weight is 478 g/mol. The molecule has 31 heavy (non-hydrogen) atoms. The normalized spacial score (nSPS) is 23.5. The zero-order chi connectivity index (χ0) is 22.6. The molecular weight excluding hydrogens is 457 g/mol. The van der Waals surface area contributed by atoms with Gasteiger partial charge in [0.25, 0.3) is 0 Å². The van der Waals surface area contributed by atoms with Crippen molar-refractivity contribution in [2.75, 3.05) is 0 Å². The summed E-state index contributed by atoms with van der Waals surface area (Å²) in [6, 6.07) is 15.3. The number of carbonyl (C=O) groups is 1. The minimum atomic E-state index is -1.58. The predicted octanol–water partition coefficient (Wildman–Crippen LogP) is 5.73. The maximum Gasteiger partial charge on any atom is 0.177 e. The number of rotatable bonds is 2. The highest BCUT2D eigenvalue weighted by Crippen LogP contribution is 2.60. The van der Waals surface area contributed by atoms with Gasteiger partial charge in [0.15, 0.2) is 11.2 Å². The number of Topliss-reactive ketones (excluding diaryl/α,β-unsaturated/α-hetero) is 1. The lowest BCUT2D eigenvalue weighted by Gasteiger charge is -2.36. The Labute approximate surface area is 189 Å². The first-order valence-electron chi connectivity index (χ1n) is 10.0. The van der Waals surface area contributed by atoms with Gasteiger partial charge in [0.05, 0.1) is 28.7 Å². The molecule has 2 aliphatic heterocycles. The molecule has 1 saturated heterocycles. The van der Waals surface area contributed by atoms with Crippen LogP contribution in [0.4, 0.5) is 4.39 Å². The number of carbonyl (C=O) groups excluding carboxylic acids is 1. The highest BCUT2D eigenvalue weighted by Gasteiger charge is 2.64. The Hall–Kier alpha value is -2.96. The number of fused-ring (bicyclic) bond motifs is 3. The zero-order valence-electron chi connectivity index (χ0n) is 17.4. The van der Waals surface area contributed by atoms with Crippen LogP contribution in [0.25, 0.3) is 6.08 Å². The SMILES string of the molecule is CC(C)(C)C(=O)[C@@H]1[C@@H](c2ccc(Br)c(F)c2)C(C#N)(C#N)[C@H]2c3ccccc3C=CN12. The summed E-state index contributed by atoms with van der Waals surface area (Å²) < 4.78 is 14.8. The number of ketones is 1. The minimum absolute atomic E-state index is 0.0952. The van der Waals surface area contributed by atoms with Crippen molar-refractivity contribution in [3.05, 3.63) is 75.6 Å². The van der Waals surface area contributed by atoms with E-state index in [0.717, 1.165) is 11.1 Å². The molecule has 3 atom stereocenters. The second-order valence-corrected chi connectivity index (χ2v) is 9.95. The van der Waals surface area contributed by atoms with E-state index in [4.69, 9.17) is 0 Å². The molecule has 2 heterocycles. The van der Waals surface area contributed by atoms with Crippen molar-refractivity contribution in [2.24, 2.45) is 10.8 Å². The molecule has 0 spiro atoms. The Morgan fingerprint density at radius 1 is 1.16 bits per heavy atom. The second-order valence-electron chi connectivity index (χ2n) is 9.10. The van der Waals surface area contributed by atoms with Crippen LogP contribution in [-0.4, -0.2) is 16.7 Å². The van der Waals surface area contributed by atoms with Gasteiger partial charge in [0.2, 0.25) is 0 Å². The van der Waals surface area contributed by atoms with E-state index in [1.807, 2.05) is 56.0 Å². The van der Waals surface area contributed by atoms with Gasteiger partial charge in [-0.3, -0.25) is 4.79 Å². The Balaban J connectivity index is 2.03. The summed E-state index contributed by atoms with van der Waals surface area (Å²) in [5.41, 5.74) is -0.102. The molecule has 0 saturated carbocycles. The third-order valence-corrected chi connectivity index (χ3v) is 6.90. The smallest absolute Gasteiger partial charge is 0.177 e. The first kappa shape index (κ1) is 21.3. The summed E-state index contributed by atoms with van der Waals surface area (Å²) in [5.74, 6) is -1.41. The molecule has 0 N–H and O–H groups in total. The number of benzene rings is 2. The Morgan fingerprint density at radius 2 is 1.84 bits per heavy atom. The van der Waals surface area contributed by atoms with Crippen molar-refractivity contribution in [3.63, 3.8) is 0 Å². The van der Waals surface area contributed by atoms with Crippen molar-refractivity contribution in [1.82, 2.24) is 4.90 Å². The molecule has 0 aromatic heterocycles. The monoisotopic (exact) mass is 477 g/mol. The Bertz CT molecular complexity index is 1170. The highest BCUT2D eigenvalue weighted by atomic mass is 79.9. The van der Waals surface area contributed by atoms with Crippen molar-refractivity contribution < 1.29 is 9.18 Å². The molecule has 6 heteroatoms. The zero-order valence-corrected chi connectivity index (χ0v) is 19.0. The van der Waals surface area contributed by atoms with E-state index in [9.17, 15) is 19.7 Å². The van der Waals surface area contributed by atoms with Crippen LogP contribution in [0, 0.1) is 39.3 Å². The van der Waals surface area contributed by atoms with Gasteiger partial charge in [-0.15, -0.1) is 0 Å². The molecule has 0 aliphatic carbocycles. The van der Waals surface area contributed by atoms with Crippen LogP contribution in [0.1, 0.15) is 49.4 Å². The minimum Gasteiger partial charge on any atom is -0.357 e. The molecule has 2 aliphatic rings. The molecule has 0 radical (unpaired) electrons. The molecule has 156 valence electrons. The van der Waals surface area contributed by atoms with E-state index >= 15 is 0 Å². The quantitative estimate of drug-likeness (QED) is 0.553. The van der Waals surface area contributed by atoms with E-state index in [0.29, 0.717) is 5.56 Å². The van der Waals surface area contributed by atoms with Gasteiger partial charge in [0, 0.05) is 17.5 Å². The van der Waals surface area contributed by atoms with Gasteiger partial charge in [-0.05, 0) is 50.8 Å². The van der Waals surface area contributed by atoms with Crippen LogP contribution in [-0.2, 0) is 4.79 Å². The standard InChI is InChI=1S/C25H21BrFN3O/c1-24(2,3)23(31)21-20(16-8-9-18(26)19(27)12-16)25(13-28,14-29)22-17-7-5-4-6-15(17)10-11-30(21)22/h4-12,20-22H,1-3H3/t20-,21+,22-/m1/s1. The summed E-state index contributed by atoms with van der Waals surface area (Å²) in [7, 11) is 0. The molecule has 0 unspecified atom stereocenters. The lowest BCUT2D eigenvalue weighted by atomic mass is 9.66. The topological polar surface area (TPSA) is 67.9 Å². The second kappa shape index (κ2) is 7.32. The Kier molecular flexibility index (Phi) is 5.03. The summed E-state index contributed by atoms with van der Waals surface area (Å²) in [6.45, 7) is 5.47. The fraction of sp³-hybridized carbons (Fsp3) is 0.320. The fourth-order valence-electron chi connectivity index (χ4n) is 4.82. The van der Waals surface area contributed by atoms with E-state index in [1.54, 1.807) is 18.3 Å². The van der Waals surface area contributed by atoms with E-state index in [2.05, 4.69) is 28.1 Å². The van der Waals surface area contributed by atoms with Crippen LogP contribution in [0.15, 0.2) is 53.1 Å². The number of hydrogen-bond donors (Lipinski definition) is 0. The molecule has 0 bridgehead atoms. The van der Waals surface area contributed by atoms with Crippen LogP contribution < -0.4 is 0 Å². The van der Waals surface area contributed by atoms with Gasteiger partial charge >= 0.3 is 0 Å². The fourth-order valence-corrected chi connectivity index (χ4v) is 5.06. The summed E-state index contributed by atoms with van der Waals surface area (Å²) in [4.78, 5) is 15.5. The predicted molar refractivity (Wildman–Crippen MR) is 119 cm³/mol. The molecule has 2 aromatic rings. The first-order chi connectivity index (χ1) is 14.7. The molecule has 0 amide bonds. The van der Waals surface area contributed by atoms with Crippen LogP contribution >= 0.6 is 15.9 Å². The third kappa shape index (κ3) is 3.09. The number of nitriles is 2. The van der Waals surface area contributed by atoms with Crippen molar-refractivity contribution in [2.45, 2.75) is 38.8 Å². The van der Waals surface area contributed by atoms with Gasteiger partial charge in [-0.2, -0.15) is 10.5 Å². The van der Waals surface area contributed by atoms with Gasteiger partial charge in [-0.1, -0.05) is 51.1 Å². The van der Waals surface area contributed by atoms with Crippen LogP contribution in [0.5, 0.6) is 0 Å². The Morgan fingerprint density at radius 3 is 2.45 bits per heavy atom. The molecule has 4 nitrogen and oxygen atoms in total. The molecule has 4 rings (SSSR count). The number of nitrogens with zero attached hydrogens (tertiary/aromatic N) is 3. The lowest BCUT2D eigenvalue weighted by Crippen LogP contribution is -2.43. The summed E-state index contributed by atoms with van der Waals surface area (Å²) in [5, 5.41) is 20.8. The van der Waals surface area contributed by atoms with Gasteiger partial charge in [-0.25, -0.2) is 4.39 Å². The van der Waals surface area contributed by atoms with Crippen LogP contribution in [0.2, 0.25) is 0 Å². The summed E-state index contributed by atoms with van der Waals surface area (Å²) >= 11 is 3.17.